The Kier molecular flexibility index (Phi) is 17.5. The summed E-state index contributed by atoms with van der Waals surface area (Å²) in [4.78, 5) is 20.0. The van der Waals surface area contributed by atoms with E-state index < -0.39 is 74.0 Å². The number of aliphatic hydroxyl groups excluding tert-OH is 10. The molecule has 0 aromatic carbocycles. The van der Waals surface area contributed by atoms with E-state index in [1.807, 2.05) is 0 Å². The Hall–Kier alpha value is -0.694. The predicted octanol–water partition coefficient (Wildman–Crippen LogP) is -10.0. The molecule has 0 heterocycles. The monoisotopic (exact) mass is 414 g/mol. The fourth-order valence-electron chi connectivity index (χ4n) is 1.32. The average molecular weight is 415 g/mol. The van der Waals surface area contributed by atoms with Crippen molar-refractivity contribution in [1.82, 2.24) is 0 Å². The zero-order valence-electron chi connectivity index (χ0n) is 13.8. The van der Waals surface area contributed by atoms with Crippen LogP contribution in [-0.4, -0.2) is 148 Å². The van der Waals surface area contributed by atoms with E-state index in [1.54, 1.807) is 0 Å². The first-order valence-electron chi connectivity index (χ1n) is 6.91. The molecule has 0 saturated heterocycles. The van der Waals surface area contributed by atoms with E-state index in [-0.39, 0.29) is 23.1 Å². The zero-order chi connectivity index (χ0) is 21.2. The second kappa shape index (κ2) is 15.3. The van der Waals surface area contributed by atoms with Crippen LogP contribution in [0.3, 0.4) is 0 Å². The molecule has 5 unspecified atom stereocenters. The fourth-order valence-corrected chi connectivity index (χ4v) is 1.32. The van der Waals surface area contributed by atoms with Crippen molar-refractivity contribution < 1.29 is 70.9 Å². The van der Waals surface area contributed by atoms with Crippen LogP contribution in [0, 0.1) is 0 Å². The summed E-state index contributed by atoms with van der Waals surface area (Å²) in [5.74, 6) is -3.95. The van der Waals surface area contributed by atoms with Gasteiger partial charge in [-0.15, -0.1) is 0 Å². The van der Waals surface area contributed by atoms with Gasteiger partial charge in [0.05, 0.1) is 25.2 Å². The van der Waals surface area contributed by atoms with Gasteiger partial charge in [0.2, 0.25) is 0 Å². The van der Waals surface area contributed by atoms with Crippen molar-refractivity contribution in [3.05, 3.63) is 0 Å². The Labute approximate surface area is 168 Å². The van der Waals surface area contributed by atoms with Gasteiger partial charge in [0.25, 0.3) is 0 Å². The Morgan fingerprint density at radius 1 is 0.593 bits per heavy atom. The van der Waals surface area contributed by atoms with Crippen LogP contribution in [0.4, 0.5) is 0 Å². The molecular weight excluding hydrogens is 392 g/mol. The van der Waals surface area contributed by atoms with Gasteiger partial charge in [-0.1, -0.05) is 0 Å². The molecule has 0 fully saturated rings. The van der Waals surface area contributed by atoms with Gasteiger partial charge in [0.15, 0.2) is 0 Å². The van der Waals surface area contributed by atoms with Crippen molar-refractivity contribution >= 4 is 35.0 Å². The average Bonchev–Trinajstić information content (AvgIpc) is 2.62. The van der Waals surface area contributed by atoms with Crippen molar-refractivity contribution in [3.8, 4) is 0 Å². The molecule has 0 amide bonds. The van der Waals surface area contributed by atoms with E-state index in [0.717, 1.165) is 0 Å². The minimum atomic E-state index is -2.31. The topological polar surface area (TPSA) is 283 Å². The molecule has 0 aliphatic carbocycles. The molecule has 27 heavy (non-hydrogen) atoms. The van der Waals surface area contributed by atoms with Gasteiger partial charge in [-0.3, -0.25) is 0 Å². The van der Waals surface area contributed by atoms with Crippen LogP contribution in [0.2, 0.25) is 0 Å². The molecule has 14 nitrogen and oxygen atoms in total. The Bertz CT molecular complexity index is 385. The van der Waals surface area contributed by atoms with E-state index in [2.05, 4.69) is 0 Å². The number of hydrogen-bond acceptors (Lipinski definition) is 14. The van der Waals surface area contributed by atoms with Crippen molar-refractivity contribution in [3.63, 3.8) is 0 Å². The van der Waals surface area contributed by atoms with E-state index in [4.69, 9.17) is 51.1 Å². The largest absolute Gasteiger partial charge is 2.00 e. The second-order valence-corrected chi connectivity index (χ2v) is 4.99. The third-order valence-electron chi connectivity index (χ3n) is 2.99. The minimum Gasteiger partial charge on any atom is -0.547 e. The third kappa shape index (κ3) is 11.0. The van der Waals surface area contributed by atoms with Gasteiger partial charge in [0, 0.05) is 0 Å². The number of carboxylic acids is 2. The molecule has 15 heteroatoms. The van der Waals surface area contributed by atoms with Crippen LogP contribution < -0.4 is 10.2 Å². The van der Waals surface area contributed by atoms with E-state index in [0.29, 0.717) is 0 Å². The molecule has 8 atom stereocenters. The first kappa shape index (κ1) is 31.0. The molecule has 0 aliphatic heterocycles. The zero-order valence-corrected chi connectivity index (χ0v) is 15.3. The second-order valence-electron chi connectivity index (χ2n) is 4.99. The Morgan fingerprint density at radius 3 is 0.963 bits per heavy atom. The maximum Gasteiger partial charge on any atom is 2.00 e. The quantitative estimate of drug-likeness (QED) is 0.148. The molecule has 10 N–H and O–H groups in total. The summed E-state index contributed by atoms with van der Waals surface area (Å²) in [6, 6.07) is 0. The smallest absolute Gasteiger partial charge is 0.547 e. The summed E-state index contributed by atoms with van der Waals surface area (Å²) in [5.41, 5.74) is 0. The molecule has 0 radical (unpaired) electrons. The molecular formula is C12H22MgO14. The normalized spacial score (nSPS) is 19.6. The summed E-state index contributed by atoms with van der Waals surface area (Å²) in [6.07, 6.45) is -16.2. The van der Waals surface area contributed by atoms with Gasteiger partial charge in [-0.25, -0.2) is 0 Å². The summed E-state index contributed by atoms with van der Waals surface area (Å²) in [7, 11) is 0. The Morgan fingerprint density at radius 2 is 0.815 bits per heavy atom. The van der Waals surface area contributed by atoms with Crippen LogP contribution in [0.1, 0.15) is 0 Å². The van der Waals surface area contributed by atoms with Crippen molar-refractivity contribution in [1.29, 1.82) is 0 Å². The summed E-state index contributed by atoms with van der Waals surface area (Å²) in [6.45, 7) is -1.73. The molecule has 0 bridgehead atoms. The summed E-state index contributed by atoms with van der Waals surface area (Å²) in [5, 5.41) is 107. The number of carboxylic acid groups (broad SMARTS) is 2. The number of carbonyl (C=O) groups is 2. The molecule has 0 saturated carbocycles. The van der Waals surface area contributed by atoms with Gasteiger partial charge in [-0.2, -0.15) is 0 Å². The maximum atomic E-state index is 9.98. The summed E-state index contributed by atoms with van der Waals surface area (Å²) < 4.78 is 0. The standard InChI is InChI=1S/2C6H12O7.Mg/c2*7-1-2(8)3(9)4(10)5(11)6(12)13;/h2*2-5,7-11H,1H2,(H,12,13);/q;;+2/p-2/t2?,3?,4-,5?;2?,3?,4-,5+;/m00./s1. The van der Waals surface area contributed by atoms with Crippen LogP contribution in [-0.2, 0) is 9.59 Å². The van der Waals surface area contributed by atoms with E-state index >= 15 is 0 Å². The minimum absolute atomic E-state index is 0. The maximum absolute atomic E-state index is 9.98. The molecule has 0 aliphatic rings. The number of rotatable bonds is 10. The molecule has 0 rings (SSSR count). The van der Waals surface area contributed by atoms with Crippen molar-refractivity contribution in [2.75, 3.05) is 13.2 Å². The number of aliphatic carboxylic acids is 2. The SMILES string of the molecule is O=C([O-])C(O)[C@@H](O)C(O)C(O)CO.O=C([O-])[C@H](O)[C@@H](O)C(O)C(O)CO.[Mg+2]. The van der Waals surface area contributed by atoms with Crippen LogP contribution in [0.15, 0.2) is 0 Å². The molecule has 0 aromatic heterocycles. The van der Waals surface area contributed by atoms with Crippen LogP contribution in [0.25, 0.3) is 0 Å². The molecule has 156 valence electrons. The van der Waals surface area contributed by atoms with E-state index in [9.17, 15) is 19.8 Å². The first-order valence-corrected chi connectivity index (χ1v) is 6.91. The van der Waals surface area contributed by atoms with Gasteiger partial charge >= 0.3 is 23.1 Å². The van der Waals surface area contributed by atoms with Crippen LogP contribution in [0.5, 0.6) is 0 Å². The first-order chi connectivity index (χ1) is 11.8. The number of carbonyl (C=O) groups excluding carboxylic acids is 2. The van der Waals surface area contributed by atoms with Crippen LogP contribution >= 0.6 is 0 Å². The number of hydrogen-bond donors (Lipinski definition) is 10. The molecule has 0 aromatic rings. The van der Waals surface area contributed by atoms with E-state index in [1.165, 1.54) is 0 Å². The van der Waals surface area contributed by atoms with Crippen molar-refractivity contribution in [2.45, 2.75) is 48.8 Å². The van der Waals surface area contributed by atoms with Gasteiger partial charge in [-0.05, 0) is 0 Å². The third-order valence-corrected chi connectivity index (χ3v) is 2.99. The molecule has 0 spiro atoms. The summed E-state index contributed by atoms with van der Waals surface area (Å²) >= 11 is 0. The Balaban J connectivity index is -0.000000411. The fraction of sp³-hybridized carbons (Fsp3) is 0.833. The predicted molar refractivity (Wildman–Crippen MR) is 78.0 cm³/mol. The van der Waals surface area contributed by atoms with Gasteiger partial charge < -0.3 is 70.9 Å². The number of aliphatic hydroxyl groups is 10. The van der Waals surface area contributed by atoms with Gasteiger partial charge in [0.1, 0.15) is 48.8 Å². The van der Waals surface area contributed by atoms with Crippen molar-refractivity contribution in [2.24, 2.45) is 0 Å².